The van der Waals surface area contributed by atoms with Gasteiger partial charge in [0.05, 0.1) is 11.6 Å². The fourth-order valence-electron chi connectivity index (χ4n) is 5.52. The topological polar surface area (TPSA) is 81.5 Å². The van der Waals surface area contributed by atoms with E-state index in [1.54, 1.807) is 9.58 Å². The van der Waals surface area contributed by atoms with Crippen LogP contribution in [0.1, 0.15) is 86.8 Å². The van der Waals surface area contributed by atoms with Crippen LogP contribution in [0.25, 0.3) is 10.9 Å². The highest BCUT2D eigenvalue weighted by Crippen LogP contribution is 2.29. The average molecular weight is 468 g/mol. The number of hydrogen-bond donors (Lipinski definition) is 0. The summed E-state index contributed by atoms with van der Waals surface area (Å²) in [6.45, 7) is 6.55. The molecule has 0 aliphatic carbocycles. The Kier molecular flexibility index (Phi) is 7.81. The molecule has 2 atom stereocenters. The van der Waals surface area contributed by atoms with Crippen LogP contribution in [0.2, 0.25) is 0 Å². The largest absolute Gasteiger partial charge is 0.376 e. The summed E-state index contributed by atoms with van der Waals surface area (Å²) in [5.74, 6) is -0.211. The van der Waals surface area contributed by atoms with E-state index >= 15 is 0 Å². The van der Waals surface area contributed by atoms with Crippen LogP contribution in [0, 0.1) is 6.92 Å². The third-order valence-corrected chi connectivity index (χ3v) is 7.20. The number of aryl methyl sites for hydroxylation is 2. The number of ketones is 2. The van der Waals surface area contributed by atoms with Crippen LogP contribution in [0.4, 0.5) is 0 Å². The Bertz CT molecular complexity index is 1070. The zero-order valence-electron chi connectivity index (χ0n) is 20.8. The van der Waals surface area contributed by atoms with Gasteiger partial charge in [0.15, 0.2) is 11.6 Å². The summed E-state index contributed by atoms with van der Waals surface area (Å²) >= 11 is 0. The summed E-state index contributed by atoms with van der Waals surface area (Å²) in [5, 5.41) is 5.42. The zero-order chi connectivity index (χ0) is 24.2. The zero-order valence-corrected chi connectivity index (χ0v) is 20.8. The lowest BCUT2D eigenvalue weighted by molar-refractivity contribution is -0.141. The molecule has 2 bridgehead atoms. The lowest BCUT2D eigenvalue weighted by Gasteiger charge is -2.27. The number of aromatic nitrogens is 2. The monoisotopic (exact) mass is 467 g/mol. The van der Waals surface area contributed by atoms with Crippen LogP contribution >= 0.6 is 0 Å². The normalized spacial score (nSPS) is 22.7. The Morgan fingerprint density at radius 1 is 1.12 bits per heavy atom. The second-order valence-electron chi connectivity index (χ2n) is 9.80. The fraction of sp³-hybridized carbons (Fsp3) is 0.630. The van der Waals surface area contributed by atoms with E-state index in [4.69, 9.17) is 4.74 Å². The first-order valence-electron chi connectivity index (χ1n) is 12.9. The van der Waals surface area contributed by atoms with Crippen LogP contribution < -0.4 is 0 Å². The van der Waals surface area contributed by atoms with Crippen molar-refractivity contribution in [1.82, 2.24) is 14.7 Å². The maximum Gasteiger partial charge on any atom is 0.245 e. The molecule has 4 rings (SSSR count). The Morgan fingerprint density at radius 2 is 1.85 bits per heavy atom. The van der Waals surface area contributed by atoms with E-state index in [2.05, 4.69) is 11.2 Å². The minimum absolute atomic E-state index is 0.0139. The molecular formula is C27H37N3O4. The molecule has 2 aliphatic heterocycles. The van der Waals surface area contributed by atoms with Gasteiger partial charge in [0.25, 0.3) is 0 Å². The maximum atomic E-state index is 13.5. The highest BCUT2D eigenvalue weighted by atomic mass is 16.5. The number of Topliss-reactive ketones (excluding diaryl/α,β-unsaturated/α-hetero) is 2. The number of carbonyl (C=O) groups is 3. The van der Waals surface area contributed by atoms with Gasteiger partial charge in [-0.1, -0.05) is 44.2 Å². The SMILES string of the molecule is CCC(=O)[C@@H]1[C@H]2CCN1C(=O)Cn1nc(C(C)=O)c3cc(C)cc(c31)CCCCCCCCO2. The Labute approximate surface area is 201 Å². The van der Waals surface area contributed by atoms with Crippen molar-refractivity contribution in [2.45, 2.75) is 97.2 Å². The molecule has 184 valence electrons. The molecule has 34 heavy (non-hydrogen) atoms. The Balaban J connectivity index is 1.74. The molecule has 3 heterocycles. The van der Waals surface area contributed by atoms with Gasteiger partial charge in [0.1, 0.15) is 18.3 Å². The first-order chi connectivity index (χ1) is 16.4. The summed E-state index contributed by atoms with van der Waals surface area (Å²) in [6, 6.07) is 3.62. The average Bonchev–Trinajstić information content (AvgIpc) is 3.38. The van der Waals surface area contributed by atoms with Crippen molar-refractivity contribution >= 4 is 28.4 Å². The van der Waals surface area contributed by atoms with Crippen LogP contribution in [-0.2, 0) is 27.3 Å². The highest BCUT2D eigenvalue weighted by molar-refractivity contribution is 6.06. The van der Waals surface area contributed by atoms with E-state index in [9.17, 15) is 14.4 Å². The highest BCUT2D eigenvalue weighted by Gasteiger charge is 2.41. The summed E-state index contributed by atoms with van der Waals surface area (Å²) in [4.78, 5) is 40.4. The molecule has 1 aromatic carbocycles. The molecule has 0 N–H and O–H groups in total. The predicted molar refractivity (Wildman–Crippen MR) is 131 cm³/mol. The van der Waals surface area contributed by atoms with Crippen LogP contribution in [0.5, 0.6) is 0 Å². The number of hydrogen-bond acceptors (Lipinski definition) is 5. The van der Waals surface area contributed by atoms with E-state index in [0.29, 0.717) is 31.7 Å². The van der Waals surface area contributed by atoms with E-state index in [1.165, 1.54) is 19.8 Å². The fourth-order valence-corrected chi connectivity index (χ4v) is 5.52. The first kappa shape index (κ1) is 24.6. The van der Waals surface area contributed by atoms with E-state index < -0.39 is 6.04 Å². The number of benzene rings is 1. The number of fused-ring (bicyclic) bond motifs is 2. The number of nitrogens with zero attached hydrogens (tertiary/aromatic N) is 3. The summed E-state index contributed by atoms with van der Waals surface area (Å²) < 4.78 is 7.82. The number of ether oxygens (including phenoxy) is 1. The molecule has 0 saturated carbocycles. The van der Waals surface area contributed by atoms with Crippen molar-refractivity contribution in [1.29, 1.82) is 0 Å². The maximum absolute atomic E-state index is 13.5. The van der Waals surface area contributed by atoms with Gasteiger partial charge in [-0.15, -0.1) is 0 Å². The minimum atomic E-state index is -0.538. The summed E-state index contributed by atoms with van der Waals surface area (Å²) in [5.41, 5.74) is 3.51. The molecule has 7 heteroatoms. The molecule has 1 amide bonds. The van der Waals surface area contributed by atoms with Crippen molar-refractivity contribution in [3.05, 3.63) is 29.0 Å². The Hall–Kier alpha value is -2.54. The third kappa shape index (κ3) is 5.09. The molecule has 1 aromatic heterocycles. The molecule has 2 aliphatic rings. The van der Waals surface area contributed by atoms with E-state index in [1.807, 2.05) is 19.9 Å². The second-order valence-corrected chi connectivity index (χ2v) is 9.80. The van der Waals surface area contributed by atoms with Gasteiger partial charge < -0.3 is 9.64 Å². The lowest BCUT2D eigenvalue weighted by Crippen LogP contribution is -2.47. The number of carbonyl (C=O) groups excluding carboxylic acids is 3. The molecule has 2 aromatic rings. The van der Waals surface area contributed by atoms with Gasteiger partial charge in [-0.25, -0.2) is 0 Å². The molecule has 1 fully saturated rings. The lowest BCUT2D eigenvalue weighted by atomic mass is 9.99. The molecule has 0 unspecified atom stereocenters. The van der Waals surface area contributed by atoms with Crippen molar-refractivity contribution in [2.24, 2.45) is 0 Å². The molecule has 7 nitrogen and oxygen atoms in total. The first-order valence-corrected chi connectivity index (χ1v) is 12.9. The quantitative estimate of drug-likeness (QED) is 0.625. The van der Waals surface area contributed by atoms with E-state index in [0.717, 1.165) is 54.1 Å². The number of amides is 1. The van der Waals surface area contributed by atoms with E-state index in [-0.39, 0.29) is 30.1 Å². The van der Waals surface area contributed by atoms with Crippen molar-refractivity contribution in [3.8, 4) is 0 Å². The van der Waals surface area contributed by atoms with Gasteiger partial charge in [-0.3, -0.25) is 19.1 Å². The summed E-state index contributed by atoms with van der Waals surface area (Å²) in [7, 11) is 0. The van der Waals surface area contributed by atoms with Gasteiger partial charge in [-0.2, -0.15) is 5.10 Å². The van der Waals surface area contributed by atoms with Crippen LogP contribution in [0.15, 0.2) is 12.1 Å². The number of rotatable bonds is 3. The predicted octanol–water partition coefficient (Wildman–Crippen LogP) is 4.41. The minimum Gasteiger partial charge on any atom is -0.376 e. The van der Waals surface area contributed by atoms with Gasteiger partial charge >= 0.3 is 0 Å². The molecule has 0 spiro atoms. The standard InChI is InChI=1S/C27H37N3O4/c1-4-22(32)27-23-12-13-29(27)24(33)17-30-26-20(11-9-7-5-6-8-10-14-34-23)15-18(2)16-21(26)25(28-30)19(3)31/h15-16,23,27H,4-14,17H2,1-3H3/t23-,27-/m1/s1. The van der Waals surface area contributed by atoms with Gasteiger partial charge in [0, 0.05) is 31.9 Å². The van der Waals surface area contributed by atoms with Crippen LogP contribution in [-0.4, -0.2) is 57.5 Å². The molecule has 0 radical (unpaired) electrons. The smallest absolute Gasteiger partial charge is 0.245 e. The third-order valence-electron chi connectivity index (χ3n) is 7.20. The Morgan fingerprint density at radius 3 is 2.59 bits per heavy atom. The molecule has 1 saturated heterocycles. The van der Waals surface area contributed by atoms with Gasteiger partial charge in [-0.05, 0) is 44.2 Å². The van der Waals surface area contributed by atoms with Crippen LogP contribution in [0.3, 0.4) is 0 Å². The van der Waals surface area contributed by atoms with Crippen molar-refractivity contribution in [3.63, 3.8) is 0 Å². The summed E-state index contributed by atoms with van der Waals surface area (Å²) in [6.07, 6.45) is 8.35. The molecular weight excluding hydrogens is 430 g/mol. The van der Waals surface area contributed by atoms with Gasteiger partial charge in [0.2, 0.25) is 5.91 Å². The second kappa shape index (κ2) is 10.8. The van der Waals surface area contributed by atoms with Crippen molar-refractivity contribution < 1.29 is 19.1 Å². The van der Waals surface area contributed by atoms with Crippen molar-refractivity contribution in [2.75, 3.05) is 13.2 Å².